The Hall–Kier alpha value is -3.01. The number of nitrogens with one attached hydrogen (secondary N) is 1. The molecule has 128 valence electrons. The molecule has 3 rings (SSSR count). The lowest BCUT2D eigenvalue weighted by Crippen LogP contribution is -2.24. The van der Waals surface area contributed by atoms with E-state index in [1.807, 2.05) is 0 Å². The second-order valence-electron chi connectivity index (χ2n) is 4.79. The fraction of sp³-hybridized carbons (Fsp3) is 0.0667. The lowest BCUT2D eigenvalue weighted by molar-refractivity contribution is -0.140. The quantitative estimate of drug-likeness (QED) is 0.773. The van der Waals surface area contributed by atoms with Crippen molar-refractivity contribution in [2.24, 2.45) is 0 Å². The Morgan fingerprint density at radius 3 is 2.48 bits per heavy atom. The second-order valence-corrected chi connectivity index (χ2v) is 5.65. The number of rotatable bonds is 3. The largest absolute Gasteiger partial charge is 0.434 e. The Balaban J connectivity index is 1.86. The number of para-hydroxylation sites is 1. The second kappa shape index (κ2) is 6.48. The van der Waals surface area contributed by atoms with Gasteiger partial charge in [-0.1, -0.05) is 18.2 Å². The molecular formula is C15H9F3N4O2S. The summed E-state index contributed by atoms with van der Waals surface area (Å²) in [6, 6.07) is 10.8. The summed E-state index contributed by atoms with van der Waals surface area (Å²) in [5.74, 6) is -0.771. The molecule has 0 fully saturated rings. The predicted octanol–water partition coefficient (Wildman–Crippen LogP) is 2.96. The Bertz CT molecular complexity index is 967. The monoisotopic (exact) mass is 366 g/mol. The maximum absolute atomic E-state index is 12.5. The minimum atomic E-state index is -4.59. The summed E-state index contributed by atoms with van der Waals surface area (Å²) in [5.41, 5.74) is -1.21. The lowest BCUT2D eigenvalue weighted by atomic mass is 10.3. The average molecular weight is 366 g/mol. The first kappa shape index (κ1) is 16.8. The fourth-order valence-electron chi connectivity index (χ4n) is 1.91. The van der Waals surface area contributed by atoms with E-state index in [9.17, 15) is 22.8 Å². The number of anilines is 1. The topological polar surface area (TPSA) is 76.9 Å². The van der Waals surface area contributed by atoms with Gasteiger partial charge in [0.05, 0.1) is 5.69 Å². The summed E-state index contributed by atoms with van der Waals surface area (Å²) < 4.78 is 38.6. The Labute approximate surface area is 142 Å². The van der Waals surface area contributed by atoms with Crippen LogP contribution in [0.5, 0.6) is 0 Å². The summed E-state index contributed by atoms with van der Waals surface area (Å²) in [4.78, 5) is 27.4. The van der Waals surface area contributed by atoms with Gasteiger partial charge >= 0.3 is 6.18 Å². The maximum atomic E-state index is 12.5. The van der Waals surface area contributed by atoms with Crippen LogP contribution in [0.3, 0.4) is 0 Å². The van der Waals surface area contributed by atoms with Crippen LogP contribution in [-0.2, 0) is 6.18 Å². The number of alkyl halides is 3. The van der Waals surface area contributed by atoms with Gasteiger partial charge in [-0.05, 0) is 18.2 Å². The van der Waals surface area contributed by atoms with Gasteiger partial charge in [0.25, 0.3) is 11.5 Å². The van der Waals surface area contributed by atoms with Crippen molar-refractivity contribution in [3.8, 4) is 5.69 Å². The molecule has 0 aliphatic heterocycles. The van der Waals surface area contributed by atoms with Crippen LogP contribution in [0.15, 0.2) is 52.6 Å². The standard InChI is InChI=1S/C15H9F3N4O2S/c16-15(17,18)11-8-25-14(19-11)20-13(24)10-6-7-12(23)22(21-10)9-4-2-1-3-5-9/h1-8H,(H,19,20,24). The van der Waals surface area contributed by atoms with Crippen molar-refractivity contribution in [3.63, 3.8) is 0 Å². The van der Waals surface area contributed by atoms with Crippen molar-refractivity contribution in [2.45, 2.75) is 6.18 Å². The van der Waals surface area contributed by atoms with Crippen LogP contribution >= 0.6 is 11.3 Å². The van der Waals surface area contributed by atoms with Crippen LogP contribution in [-0.4, -0.2) is 20.7 Å². The molecule has 1 amide bonds. The number of nitrogens with zero attached hydrogens (tertiary/aromatic N) is 3. The molecule has 0 spiro atoms. The van der Waals surface area contributed by atoms with Crippen LogP contribution in [0.2, 0.25) is 0 Å². The molecule has 3 aromatic rings. The molecular weight excluding hydrogens is 357 g/mol. The molecule has 2 aromatic heterocycles. The zero-order valence-corrected chi connectivity index (χ0v) is 13.1. The van der Waals surface area contributed by atoms with Crippen LogP contribution in [0.25, 0.3) is 5.69 Å². The van der Waals surface area contributed by atoms with Gasteiger partial charge in [0.2, 0.25) is 0 Å². The van der Waals surface area contributed by atoms with Gasteiger partial charge in [0.15, 0.2) is 10.8 Å². The number of benzene rings is 1. The molecule has 0 unspecified atom stereocenters. The van der Waals surface area contributed by atoms with Crippen LogP contribution in [0.1, 0.15) is 16.2 Å². The zero-order chi connectivity index (χ0) is 18.0. The van der Waals surface area contributed by atoms with E-state index in [0.29, 0.717) is 17.0 Å². The van der Waals surface area contributed by atoms with E-state index in [1.54, 1.807) is 30.3 Å². The number of halogens is 3. The summed E-state index contributed by atoms with van der Waals surface area (Å²) in [5, 5.41) is 6.77. The van der Waals surface area contributed by atoms with Gasteiger partial charge in [-0.3, -0.25) is 14.9 Å². The van der Waals surface area contributed by atoms with Crippen LogP contribution in [0.4, 0.5) is 18.3 Å². The first-order chi connectivity index (χ1) is 11.8. The Kier molecular flexibility index (Phi) is 4.36. The molecule has 6 nitrogen and oxygen atoms in total. The van der Waals surface area contributed by atoms with Crippen molar-refractivity contribution < 1.29 is 18.0 Å². The Morgan fingerprint density at radius 2 is 1.84 bits per heavy atom. The number of hydrogen-bond donors (Lipinski definition) is 1. The summed E-state index contributed by atoms with van der Waals surface area (Å²) in [6.07, 6.45) is -4.59. The van der Waals surface area contributed by atoms with E-state index < -0.39 is 23.3 Å². The van der Waals surface area contributed by atoms with Crippen LogP contribution < -0.4 is 10.9 Å². The van der Waals surface area contributed by atoms with Gasteiger partial charge < -0.3 is 0 Å². The molecule has 0 atom stereocenters. The summed E-state index contributed by atoms with van der Waals surface area (Å²) in [7, 11) is 0. The van der Waals surface area contributed by atoms with Crippen molar-refractivity contribution in [1.29, 1.82) is 0 Å². The minimum absolute atomic E-state index is 0.132. The average Bonchev–Trinajstić information content (AvgIpc) is 3.05. The van der Waals surface area contributed by atoms with Crippen molar-refractivity contribution >= 4 is 22.4 Å². The van der Waals surface area contributed by atoms with E-state index in [1.165, 1.54) is 6.07 Å². The molecule has 0 aliphatic rings. The van der Waals surface area contributed by atoms with Gasteiger partial charge in [-0.15, -0.1) is 11.3 Å². The summed E-state index contributed by atoms with van der Waals surface area (Å²) >= 11 is 0.644. The highest BCUT2D eigenvalue weighted by Crippen LogP contribution is 2.31. The predicted molar refractivity (Wildman–Crippen MR) is 84.9 cm³/mol. The first-order valence-corrected chi connectivity index (χ1v) is 7.72. The molecule has 10 heteroatoms. The van der Waals surface area contributed by atoms with Gasteiger partial charge in [0.1, 0.15) is 5.69 Å². The third kappa shape index (κ3) is 3.74. The smallest absolute Gasteiger partial charge is 0.296 e. The van der Waals surface area contributed by atoms with Gasteiger partial charge in [-0.25, -0.2) is 4.98 Å². The molecule has 25 heavy (non-hydrogen) atoms. The first-order valence-electron chi connectivity index (χ1n) is 6.84. The lowest BCUT2D eigenvalue weighted by Gasteiger charge is -2.06. The number of thiazole rings is 1. The number of carbonyl (C=O) groups is 1. The van der Waals surface area contributed by atoms with Crippen molar-refractivity contribution in [3.05, 3.63) is 69.6 Å². The van der Waals surface area contributed by atoms with Gasteiger partial charge in [-0.2, -0.15) is 23.0 Å². The molecule has 0 radical (unpaired) electrons. The highest BCUT2D eigenvalue weighted by molar-refractivity contribution is 7.14. The van der Waals surface area contributed by atoms with Crippen LogP contribution in [0, 0.1) is 0 Å². The fourth-order valence-corrected chi connectivity index (χ4v) is 2.62. The van der Waals surface area contributed by atoms with E-state index in [2.05, 4.69) is 15.4 Å². The third-order valence-electron chi connectivity index (χ3n) is 3.05. The van der Waals surface area contributed by atoms with Crippen molar-refractivity contribution in [1.82, 2.24) is 14.8 Å². The molecule has 1 N–H and O–H groups in total. The maximum Gasteiger partial charge on any atom is 0.434 e. The number of amides is 1. The molecule has 0 saturated heterocycles. The highest BCUT2D eigenvalue weighted by Gasteiger charge is 2.34. The molecule has 1 aromatic carbocycles. The third-order valence-corrected chi connectivity index (χ3v) is 3.81. The number of hydrogen-bond acceptors (Lipinski definition) is 5. The zero-order valence-electron chi connectivity index (χ0n) is 12.3. The summed E-state index contributed by atoms with van der Waals surface area (Å²) in [6.45, 7) is 0. The Morgan fingerprint density at radius 1 is 1.12 bits per heavy atom. The highest BCUT2D eigenvalue weighted by atomic mass is 32.1. The molecule has 0 aliphatic carbocycles. The van der Waals surface area contributed by atoms with E-state index in [-0.39, 0.29) is 10.8 Å². The SMILES string of the molecule is O=C(Nc1nc(C(F)(F)F)cs1)c1ccc(=O)n(-c2ccccc2)n1. The van der Waals surface area contributed by atoms with Gasteiger partial charge in [0, 0.05) is 11.4 Å². The molecule has 0 bridgehead atoms. The molecule has 0 saturated carbocycles. The minimum Gasteiger partial charge on any atom is -0.296 e. The van der Waals surface area contributed by atoms with Crippen molar-refractivity contribution in [2.75, 3.05) is 5.32 Å². The number of aromatic nitrogens is 3. The van der Waals surface area contributed by atoms with E-state index in [4.69, 9.17) is 0 Å². The molecule has 2 heterocycles. The number of carbonyl (C=O) groups excluding carboxylic acids is 1. The van der Waals surface area contributed by atoms with E-state index >= 15 is 0 Å². The van der Waals surface area contributed by atoms with E-state index in [0.717, 1.165) is 16.1 Å². The normalized spacial score (nSPS) is 11.3.